The van der Waals surface area contributed by atoms with Crippen LogP contribution in [0.2, 0.25) is 0 Å². The standard InChI is InChI=1S/C16H15NO3S2/c1-16(2,3)15-17-9-10(21-15)8-13-14(18)11-6-4-5-7-12(11)22(13,19)20/h4-9H,1-3H3/b13-8+. The van der Waals surface area contributed by atoms with Crippen LogP contribution >= 0.6 is 11.3 Å². The van der Waals surface area contributed by atoms with Crippen molar-refractivity contribution in [3.63, 3.8) is 0 Å². The molecule has 114 valence electrons. The lowest BCUT2D eigenvalue weighted by Gasteiger charge is -2.13. The van der Waals surface area contributed by atoms with Crippen LogP contribution in [0.3, 0.4) is 0 Å². The highest BCUT2D eigenvalue weighted by Gasteiger charge is 2.38. The zero-order chi connectivity index (χ0) is 16.1. The van der Waals surface area contributed by atoms with E-state index in [9.17, 15) is 13.2 Å². The van der Waals surface area contributed by atoms with Crippen molar-refractivity contribution in [2.45, 2.75) is 31.1 Å². The van der Waals surface area contributed by atoms with Crippen molar-refractivity contribution >= 4 is 33.0 Å². The van der Waals surface area contributed by atoms with E-state index in [4.69, 9.17) is 0 Å². The first-order valence-electron chi connectivity index (χ1n) is 6.78. The Morgan fingerprint density at radius 1 is 1.18 bits per heavy atom. The normalized spacial score (nSPS) is 18.7. The Balaban J connectivity index is 2.10. The van der Waals surface area contributed by atoms with Crippen LogP contribution in [-0.4, -0.2) is 19.2 Å². The van der Waals surface area contributed by atoms with Gasteiger partial charge in [-0.1, -0.05) is 32.9 Å². The van der Waals surface area contributed by atoms with Crippen LogP contribution in [-0.2, 0) is 15.3 Å². The molecule has 0 atom stereocenters. The number of rotatable bonds is 1. The van der Waals surface area contributed by atoms with Crippen molar-refractivity contribution in [1.29, 1.82) is 0 Å². The number of carbonyl (C=O) groups is 1. The molecule has 2 aromatic rings. The van der Waals surface area contributed by atoms with Crippen molar-refractivity contribution in [2.75, 3.05) is 0 Å². The first kappa shape index (κ1) is 15.1. The fourth-order valence-corrected chi connectivity index (χ4v) is 4.81. The Bertz CT molecular complexity index is 899. The second-order valence-corrected chi connectivity index (χ2v) is 9.10. The van der Waals surface area contributed by atoms with E-state index >= 15 is 0 Å². The van der Waals surface area contributed by atoms with Crippen LogP contribution in [0.25, 0.3) is 6.08 Å². The van der Waals surface area contributed by atoms with Crippen molar-refractivity contribution in [2.24, 2.45) is 0 Å². The maximum absolute atomic E-state index is 12.5. The molecule has 0 saturated heterocycles. The molecule has 0 fully saturated rings. The molecule has 2 heterocycles. The number of hydrogen-bond donors (Lipinski definition) is 0. The summed E-state index contributed by atoms with van der Waals surface area (Å²) >= 11 is 1.40. The second-order valence-electron chi connectivity index (χ2n) is 6.16. The topological polar surface area (TPSA) is 64.1 Å². The molecular formula is C16H15NO3S2. The van der Waals surface area contributed by atoms with E-state index in [-0.39, 0.29) is 20.8 Å². The quantitative estimate of drug-likeness (QED) is 0.750. The van der Waals surface area contributed by atoms with Gasteiger partial charge in [-0.15, -0.1) is 11.3 Å². The number of aromatic nitrogens is 1. The van der Waals surface area contributed by atoms with E-state index in [2.05, 4.69) is 4.98 Å². The molecule has 1 aliphatic heterocycles. The maximum Gasteiger partial charge on any atom is 0.211 e. The molecule has 1 aliphatic rings. The number of nitrogens with zero attached hydrogens (tertiary/aromatic N) is 1. The van der Waals surface area contributed by atoms with E-state index in [1.807, 2.05) is 20.8 Å². The smallest absolute Gasteiger partial charge is 0.211 e. The summed E-state index contributed by atoms with van der Waals surface area (Å²) in [6.07, 6.45) is 3.05. The monoisotopic (exact) mass is 333 g/mol. The van der Waals surface area contributed by atoms with Gasteiger partial charge in [-0.05, 0) is 18.2 Å². The first-order valence-corrected chi connectivity index (χ1v) is 9.08. The predicted molar refractivity (Wildman–Crippen MR) is 86.7 cm³/mol. The van der Waals surface area contributed by atoms with Gasteiger partial charge in [0.15, 0.2) is 0 Å². The molecule has 4 nitrogen and oxygen atoms in total. The molecule has 6 heteroatoms. The van der Waals surface area contributed by atoms with Crippen LogP contribution in [0.5, 0.6) is 0 Å². The molecule has 0 amide bonds. The van der Waals surface area contributed by atoms with Crippen LogP contribution < -0.4 is 0 Å². The summed E-state index contributed by atoms with van der Waals surface area (Å²) in [6.45, 7) is 6.11. The summed E-state index contributed by atoms with van der Waals surface area (Å²) in [6, 6.07) is 6.30. The Morgan fingerprint density at radius 3 is 2.45 bits per heavy atom. The number of Topliss-reactive ketones (excluding diaryl/α,β-unsaturated/α-hetero) is 1. The van der Waals surface area contributed by atoms with Gasteiger partial charge in [0.05, 0.1) is 9.90 Å². The molecular weight excluding hydrogens is 318 g/mol. The van der Waals surface area contributed by atoms with Gasteiger partial charge < -0.3 is 0 Å². The Kier molecular flexibility index (Phi) is 3.34. The van der Waals surface area contributed by atoms with Crippen LogP contribution in [0.15, 0.2) is 40.3 Å². The lowest BCUT2D eigenvalue weighted by Crippen LogP contribution is -2.09. The number of fused-ring (bicyclic) bond motifs is 1. The summed E-state index contributed by atoms with van der Waals surface area (Å²) in [5.74, 6) is -0.443. The molecule has 0 saturated carbocycles. The number of sulfone groups is 1. The highest BCUT2D eigenvalue weighted by atomic mass is 32.2. The molecule has 0 unspecified atom stereocenters. The average molecular weight is 333 g/mol. The van der Waals surface area contributed by atoms with Crippen molar-refractivity contribution < 1.29 is 13.2 Å². The van der Waals surface area contributed by atoms with E-state index in [1.54, 1.807) is 24.4 Å². The SMILES string of the molecule is CC(C)(C)c1ncc(/C=C2\C(=O)c3ccccc3S2(=O)=O)s1. The van der Waals surface area contributed by atoms with Gasteiger partial charge in [-0.2, -0.15) is 0 Å². The van der Waals surface area contributed by atoms with Gasteiger partial charge in [0, 0.05) is 22.1 Å². The van der Waals surface area contributed by atoms with E-state index < -0.39 is 15.6 Å². The molecule has 1 aromatic heterocycles. The van der Waals surface area contributed by atoms with Crippen LogP contribution in [0, 0.1) is 0 Å². The number of ketones is 1. The Morgan fingerprint density at radius 2 is 1.86 bits per heavy atom. The maximum atomic E-state index is 12.5. The molecule has 3 rings (SSSR count). The summed E-state index contributed by atoms with van der Waals surface area (Å²) in [5.41, 5.74) is 0.137. The van der Waals surface area contributed by atoms with Gasteiger partial charge >= 0.3 is 0 Å². The Labute approximate surface area is 133 Å². The van der Waals surface area contributed by atoms with Crippen molar-refractivity contribution in [1.82, 2.24) is 4.98 Å². The molecule has 22 heavy (non-hydrogen) atoms. The average Bonchev–Trinajstić information content (AvgIpc) is 2.98. The number of allylic oxidation sites excluding steroid dienone is 1. The number of hydrogen-bond acceptors (Lipinski definition) is 5. The van der Waals surface area contributed by atoms with Crippen LogP contribution in [0.1, 0.15) is 41.0 Å². The van der Waals surface area contributed by atoms with Gasteiger partial charge in [-0.3, -0.25) is 4.79 Å². The van der Waals surface area contributed by atoms with Crippen LogP contribution in [0.4, 0.5) is 0 Å². The third kappa shape index (κ3) is 2.32. The lowest BCUT2D eigenvalue weighted by molar-refractivity contribution is 0.104. The van der Waals surface area contributed by atoms with Crippen molar-refractivity contribution in [3.8, 4) is 0 Å². The minimum Gasteiger partial charge on any atom is -0.288 e. The molecule has 0 spiro atoms. The fraction of sp³-hybridized carbons (Fsp3) is 0.250. The first-order chi connectivity index (χ1) is 10.2. The minimum absolute atomic E-state index is 0.0896. The highest BCUT2D eigenvalue weighted by molar-refractivity contribution is 7.97. The third-order valence-corrected chi connectivity index (χ3v) is 6.56. The van der Waals surface area contributed by atoms with Crippen molar-refractivity contribution in [3.05, 3.63) is 50.8 Å². The molecule has 0 aliphatic carbocycles. The van der Waals surface area contributed by atoms with E-state index in [0.717, 1.165) is 5.01 Å². The molecule has 0 N–H and O–H groups in total. The van der Waals surface area contributed by atoms with Gasteiger partial charge in [0.25, 0.3) is 0 Å². The summed E-state index contributed by atoms with van der Waals surface area (Å²) < 4.78 is 25.0. The van der Waals surface area contributed by atoms with E-state index in [1.165, 1.54) is 23.5 Å². The largest absolute Gasteiger partial charge is 0.288 e. The number of carbonyl (C=O) groups excluding carboxylic acids is 1. The number of benzene rings is 1. The summed E-state index contributed by atoms with van der Waals surface area (Å²) in [4.78, 5) is 17.3. The lowest BCUT2D eigenvalue weighted by atomic mass is 9.98. The van der Waals surface area contributed by atoms with Gasteiger partial charge in [0.2, 0.25) is 15.6 Å². The zero-order valence-corrected chi connectivity index (χ0v) is 14.1. The van der Waals surface area contributed by atoms with Gasteiger partial charge in [0.1, 0.15) is 4.91 Å². The summed E-state index contributed by atoms with van der Waals surface area (Å²) in [7, 11) is -3.73. The fourth-order valence-electron chi connectivity index (χ4n) is 2.23. The molecule has 1 aromatic carbocycles. The van der Waals surface area contributed by atoms with Gasteiger partial charge in [-0.25, -0.2) is 13.4 Å². The van der Waals surface area contributed by atoms with E-state index in [0.29, 0.717) is 4.88 Å². The zero-order valence-electron chi connectivity index (χ0n) is 12.5. The number of thiazole rings is 1. The highest BCUT2D eigenvalue weighted by Crippen LogP contribution is 2.36. The molecule has 0 radical (unpaired) electrons. The Hall–Kier alpha value is -1.79. The third-order valence-electron chi connectivity index (χ3n) is 3.37. The predicted octanol–water partition coefficient (Wildman–Crippen LogP) is 3.45. The minimum atomic E-state index is -3.73. The summed E-state index contributed by atoms with van der Waals surface area (Å²) in [5, 5.41) is 0.903. The molecule has 0 bridgehead atoms. The second kappa shape index (κ2) is 4.86.